The van der Waals surface area contributed by atoms with Crippen molar-refractivity contribution < 1.29 is 0 Å². The molecule has 0 amide bonds. The third kappa shape index (κ3) is 2.52. The molecule has 0 atom stereocenters. The van der Waals surface area contributed by atoms with E-state index in [0.29, 0.717) is 12.4 Å². The van der Waals surface area contributed by atoms with Gasteiger partial charge in [0.05, 0.1) is 5.69 Å². The zero-order valence-electron chi connectivity index (χ0n) is 10.2. The van der Waals surface area contributed by atoms with Gasteiger partial charge in [-0.25, -0.2) is 15.0 Å². The second-order valence-electron chi connectivity index (χ2n) is 4.01. The van der Waals surface area contributed by atoms with Crippen molar-refractivity contribution in [3.8, 4) is 22.1 Å². The average molecular weight is 268 g/mol. The molecule has 0 aliphatic rings. The highest BCUT2D eigenvalue weighted by atomic mass is 32.1. The second-order valence-corrected chi connectivity index (χ2v) is 4.87. The molecule has 0 aliphatic carbocycles. The van der Waals surface area contributed by atoms with Crippen LogP contribution in [0.2, 0.25) is 0 Å². The maximum atomic E-state index is 5.66. The van der Waals surface area contributed by atoms with E-state index in [1.165, 1.54) is 0 Å². The molecule has 0 saturated carbocycles. The van der Waals surface area contributed by atoms with Gasteiger partial charge in [0.25, 0.3) is 0 Å². The highest BCUT2D eigenvalue weighted by Gasteiger charge is 2.08. The van der Waals surface area contributed by atoms with Gasteiger partial charge in [-0.3, -0.25) is 0 Å². The van der Waals surface area contributed by atoms with E-state index < -0.39 is 0 Å². The molecule has 2 aromatic heterocycles. The SMILES string of the molecule is NCc1cccc(-c2csc(-c3ncccn3)n2)c1. The fraction of sp³-hybridized carbons (Fsp3) is 0.0714. The number of nitrogens with zero attached hydrogens (tertiary/aromatic N) is 3. The number of hydrogen-bond acceptors (Lipinski definition) is 5. The Bertz CT molecular complexity index is 679. The van der Waals surface area contributed by atoms with E-state index in [2.05, 4.69) is 21.0 Å². The summed E-state index contributed by atoms with van der Waals surface area (Å²) in [6.07, 6.45) is 3.44. The van der Waals surface area contributed by atoms with Gasteiger partial charge in [-0.2, -0.15) is 0 Å². The average Bonchev–Trinajstić information content (AvgIpc) is 2.98. The molecule has 19 heavy (non-hydrogen) atoms. The van der Waals surface area contributed by atoms with Crippen LogP contribution in [-0.2, 0) is 6.54 Å². The first-order valence-corrected chi connectivity index (χ1v) is 6.77. The molecule has 0 radical (unpaired) electrons. The maximum Gasteiger partial charge on any atom is 0.188 e. The Hall–Kier alpha value is -2.11. The molecular formula is C14H12N4S. The topological polar surface area (TPSA) is 64.7 Å². The van der Waals surface area contributed by atoms with Crippen LogP contribution in [0.15, 0.2) is 48.1 Å². The Labute approximate surface area is 115 Å². The van der Waals surface area contributed by atoms with Crippen molar-refractivity contribution in [2.45, 2.75) is 6.54 Å². The summed E-state index contributed by atoms with van der Waals surface area (Å²) in [5.74, 6) is 0.661. The minimum Gasteiger partial charge on any atom is -0.326 e. The molecule has 0 fully saturated rings. The van der Waals surface area contributed by atoms with E-state index >= 15 is 0 Å². The summed E-state index contributed by atoms with van der Waals surface area (Å²) in [4.78, 5) is 13.0. The summed E-state index contributed by atoms with van der Waals surface area (Å²) >= 11 is 1.54. The van der Waals surface area contributed by atoms with Crippen molar-refractivity contribution >= 4 is 11.3 Å². The van der Waals surface area contributed by atoms with Crippen LogP contribution in [0.3, 0.4) is 0 Å². The van der Waals surface area contributed by atoms with Gasteiger partial charge in [0.1, 0.15) is 0 Å². The van der Waals surface area contributed by atoms with Crippen LogP contribution in [-0.4, -0.2) is 15.0 Å². The van der Waals surface area contributed by atoms with Gasteiger partial charge in [-0.1, -0.05) is 18.2 Å². The monoisotopic (exact) mass is 268 g/mol. The summed E-state index contributed by atoms with van der Waals surface area (Å²) < 4.78 is 0. The Morgan fingerprint density at radius 2 is 1.95 bits per heavy atom. The highest BCUT2D eigenvalue weighted by Crippen LogP contribution is 2.27. The third-order valence-corrected chi connectivity index (χ3v) is 3.56. The Morgan fingerprint density at radius 1 is 1.11 bits per heavy atom. The molecule has 0 unspecified atom stereocenters. The molecule has 4 nitrogen and oxygen atoms in total. The highest BCUT2D eigenvalue weighted by molar-refractivity contribution is 7.13. The molecule has 5 heteroatoms. The van der Waals surface area contributed by atoms with E-state index in [0.717, 1.165) is 21.8 Å². The predicted octanol–water partition coefficient (Wildman–Crippen LogP) is 2.73. The number of benzene rings is 1. The van der Waals surface area contributed by atoms with Gasteiger partial charge in [0.2, 0.25) is 0 Å². The van der Waals surface area contributed by atoms with Gasteiger partial charge in [-0.15, -0.1) is 11.3 Å². The first kappa shape index (κ1) is 12.0. The van der Waals surface area contributed by atoms with Crippen LogP contribution >= 0.6 is 11.3 Å². The van der Waals surface area contributed by atoms with Crippen molar-refractivity contribution in [3.63, 3.8) is 0 Å². The van der Waals surface area contributed by atoms with Crippen molar-refractivity contribution in [2.24, 2.45) is 5.73 Å². The summed E-state index contributed by atoms with van der Waals surface area (Å²) in [7, 11) is 0. The van der Waals surface area contributed by atoms with Crippen molar-refractivity contribution in [2.75, 3.05) is 0 Å². The molecule has 0 bridgehead atoms. The largest absolute Gasteiger partial charge is 0.326 e. The summed E-state index contributed by atoms with van der Waals surface area (Å²) in [5, 5.41) is 2.84. The molecule has 0 aliphatic heterocycles. The quantitative estimate of drug-likeness (QED) is 0.793. The Kier molecular flexibility index (Phi) is 3.31. The zero-order valence-corrected chi connectivity index (χ0v) is 11.0. The first-order chi connectivity index (χ1) is 9.36. The lowest BCUT2D eigenvalue weighted by molar-refractivity contribution is 1.07. The van der Waals surface area contributed by atoms with Gasteiger partial charge in [-0.05, 0) is 17.7 Å². The van der Waals surface area contributed by atoms with Crippen molar-refractivity contribution in [1.29, 1.82) is 0 Å². The van der Waals surface area contributed by atoms with Gasteiger partial charge in [0.15, 0.2) is 10.8 Å². The lowest BCUT2D eigenvalue weighted by Crippen LogP contribution is -1.95. The molecular weight excluding hydrogens is 256 g/mol. The summed E-state index contributed by atoms with van der Waals surface area (Å²) in [6, 6.07) is 9.89. The molecule has 3 aromatic rings. The fourth-order valence-electron chi connectivity index (χ4n) is 1.78. The standard InChI is InChI=1S/C14H12N4S/c15-8-10-3-1-4-11(7-10)12-9-19-14(18-12)13-16-5-2-6-17-13/h1-7,9H,8,15H2. The predicted molar refractivity (Wildman–Crippen MR) is 76.5 cm³/mol. The zero-order chi connectivity index (χ0) is 13.1. The number of rotatable bonds is 3. The van der Waals surface area contributed by atoms with Crippen LogP contribution in [0.25, 0.3) is 22.1 Å². The number of thiazole rings is 1. The minimum atomic E-state index is 0.534. The van der Waals surface area contributed by atoms with Crippen molar-refractivity contribution in [3.05, 3.63) is 53.7 Å². The number of hydrogen-bond donors (Lipinski definition) is 1. The van der Waals surface area contributed by atoms with E-state index in [1.54, 1.807) is 29.8 Å². The van der Waals surface area contributed by atoms with E-state index in [-0.39, 0.29) is 0 Å². The number of aromatic nitrogens is 3. The lowest BCUT2D eigenvalue weighted by Gasteiger charge is -2.00. The summed E-state index contributed by atoms with van der Waals surface area (Å²) in [6.45, 7) is 0.534. The molecule has 3 rings (SSSR count). The van der Waals surface area contributed by atoms with Gasteiger partial charge < -0.3 is 5.73 Å². The molecule has 2 heterocycles. The molecule has 2 N–H and O–H groups in total. The third-order valence-electron chi connectivity index (χ3n) is 2.72. The second kappa shape index (κ2) is 5.26. The minimum absolute atomic E-state index is 0.534. The lowest BCUT2D eigenvalue weighted by atomic mass is 10.1. The molecule has 94 valence electrons. The number of nitrogens with two attached hydrogens (primary N) is 1. The fourth-order valence-corrected chi connectivity index (χ4v) is 2.55. The Balaban J connectivity index is 1.97. The smallest absolute Gasteiger partial charge is 0.188 e. The Morgan fingerprint density at radius 3 is 2.74 bits per heavy atom. The maximum absolute atomic E-state index is 5.66. The molecule has 0 spiro atoms. The van der Waals surface area contributed by atoms with Crippen LogP contribution < -0.4 is 5.73 Å². The summed E-state index contributed by atoms with van der Waals surface area (Å²) in [5.41, 5.74) is 8.76. The van der Waals surface area contributed by atoms with Crippen LogP contribution in [0, 0.1) is 0 Å². The first-order valence-electron chi connectivity index (χ1n) is 5.89. The molecule has 0 saturated heterocycles. The van der Waals surface area contributed by atoms with Gasteiger partial charge >= 0.3 is 0 Å². The van der Waals surface area contributed by atoms with Crippen LogP contribution in [0.4, 0.5) is 0 Å². The van der Waals surface area contributed by atoms with E-state index in [1.807, 2.05) is 23.6 Å². The van der Waals surface area contributed by atoms with E-state index in [9.17, 15) is 0 Å². The van der Waals surface area contributed by atoms with Gasteiger partial charge in [0, 0.05) is 29.9 Å². The van der Waals surface area contributed by atoms with Crippen LogP contribution in [0.1, 0.15) is 5.56 Å². The van der Waals surface area contributed by atoms with Crippen LogP contribution in [0.5, 0.6) is 0 Å². The normalized spacial score (nSPS) is 10.6. The van der Waals surface area contributed by atoms with E-state index in [4.69, 9.17) is 5.73 Å². The van der Waals surface area contributed by atoms with Crippen molar-refractivity contribution in [1.82, 2.24) is 15.0 Å². The molecule has 1 aromatic carbocycles.